The van der Waals surface area contributed by atoms with Crippen molar-refractivity contribution in [3.05, 3.63) is 47.7 Å². The Hall–Kier alpha value is -1.37. The second-order valence-corrected chi connectivity index (χ2v) is 7.32. The van der Waals surface area contributed by atoms with Gasteiger partial charge in [-0.15, -0.1) is 23.5 Å². The third-order valence-corrected chi connectivity index (χ3v) is 5.18. The maximum absolute atomic E-state index is 12.2. The lowest BCUT2D eigenvalue weighted by Gasteiger charge is -2.15. The average molecular weight is 377 g/mol. The molecule has 0 aliphatic carbocycles. The second kappa shape index (κ2) is 9.20. The molecule has 6 heteroatoms. The Morgan fingerprint density at radius 1 is 1.17 bits per heavy atom. The summed E-state index contributed by atoms with van der Waals surface area (Å²) in [7, 11) is 0. The van der Waals surface area contributed by atoms with E-state index in [0.717, 1.165) is 26.9 Å². The summed E-state index contributed by atoms with van der Waals surface area (Å²) in [6, 6.07) is 11.4. The molecule has 2 rings (SSSR count). The molecule has 126 valence electrons. The first-order chi connectivity index (χ1) is 11.5. The molecule has 0 spiro atoms. The number of hydrogen-bond acceptors (Lipinski definition) is 5. The number of aryl methyl sites for hydroxylation is 1. The van der Waals surface area contributed by atoms with Crippen molar-refractivity contribution < 1.29 is 4.79 Å². The zero-order chi connectivity index (χ0) is 17.5. The van der Waals surface area contributed by atoms with Crippen molar-refractivity contribution in [2.75, 3.05) is 17.8 Å². The van der Waals surface area contributed by atoms with E-state index in [1.165, 1.54) is 0 Å². The highest BCUT2D eigenvalue weighted by Crippen LogP contribution is 2.33. The zero-order valence-electron chi connectivity index (χ0n) is 14.0. The summed E-state index contributed by atoms with van der Waals surface area (Å²) in [5, 5.41) is 4.22. The number of rotatable bonds is 7. The summed E-state index contributed by atoms with van der Waals surface area (Å²) in [5.41, 5.74) is 2.66. The number of pyridine rings is 1. The van der Waals surface area contributed by atoms with Crippen LogP contribution in [-0.4, -0.2) is 28.3 Å². The number of carbonyl (C=O) groups is 1. The topological polar surface area (TPSA) is 42.0 Å². The highest BCUT2D eigenvalue weighted by atomic mass is 32.2. The van der Waals surface area contributed by atoms with E-state index in [4.69, 9.17) is 12.2 Å². The van der Waals surface area contributed by atoms with Crippen LogP contribution in [-0.2, 0) is 0 Å². The Bertz CT molecular complexity index is 707. The van der Waals surface area contributed by atoms with Crippen LogP contribution in [0.1, 0.15) is 28.9 Å². The lowest BCUT2D eigenvalue weighted by Crippen LogP contribution is -2.13. The Balaban J connectivity index is 2.04. The quantitative estimate of drug-likeness (QED) is 0.405. The number of Topliss-reactive ketones (excluding diaryl/α,β-unsaturated/α-hetero) is 1. The maximum atomic E-state index is 12.2. The van der Waals surface area contributed by atoms with E-state index in [-0.39, 0.29) is 5.78 Å². The molecule has 0 unspecified atom stereocenters. The van der Waals surface area contributed by atoms with Crippen LogP contribution in [0.15, 0.2) is 46.3 Å². The second-order valence-electron chi connectivity index (χ2n) is 5.19. The van der Waals surface area contributed by atoms with E-state index in [2.05, 4.69) is 10.3 Å². The summed E-state index contributed by atoms with van der Waals surface area (Å²) in [5.74, 6) is 0.108. The lowest BCUT2D eigenvalue weighted by molar-refractivity contribution is 0.0985. The van der Waals surface area contributed by atoms with Gasteiger partial charge in [0.15, 0.2) is 5.78 Å². The predicted molar refractivity (Wildman–Crippen MR) is 109 cm³/mol. The molecule has 1 aromatic carbocycles. The molecule has 0 aliphatic rings. The van der Waals surface area contributed by atoms with E-state index in [1.54, 1.807) is 23.5 Å². The van der Waals surface area contributed by atoms with E-state index in [9.17, 15) is 4.79 Å². The van der Waals surface area contributed by atoms with Gasteiger partial charge < -0.3 is 5.32 Å². The molecule has 1 N–H and O–H groups in total. The van der Waals surface area contributed by atoms with Crippen molar-refractivity contribution in [3.8, 4) is 0 Å². The number of nitrogens with zero attached hydrogens (tertiary/aromatic N) is 1. The van der Waals surface area contributed by atoms with Crippen molar-refractivity contribution in [2.24, 2.45) is 0 Å². The minimum atomic E-state index is 0.108. The summed E-state index contributed by atoms with van der Waals surface area (Å²) in [6.45, 7) is 1.99. The van der Waals surface area contributed by atoms with E-state index in [0.29, 0.717) is 17.8 Å². The van der Waals surface area contributed by atoms with Gasteiger partial charge in [-0.25, -0.2) is 4.98 Å². The number of aromatic nitrogens is 1. The van der Waals surface area contributed by atoms with Crippen LogP contribution in [0, 0.1) is 6.92 Å². The SMILES string of the molecule is CSc1cc(C)nc(SC)c1NC(=S)CCC(=O)c1ccccc1. The Kier molecular flexibility index (Phi) is 7.27. The number of nitrogens with one attached hydrogen (secondary N) is 1. The third-order valence-electron chi connectivity index (χ3n) is 3.43. The van der Waals surface area contributed by atoms with Crippen LogP contribution in [0.2, 0.25) is 0 Å². The van der Waals surface area contributed by atoms with Gasteiger partial charge in [-0.1, -0.05) is 42.5 Å². The Labute approximate surface area is 157 Å². The fourth-order valence-corrected chi connectivity index (χ4v) is 3.75. The molecule has 3 nitrogen and oxygen atoms in total. The smallest absolute Gasteiger partial charge is 0.163 e. The van der Waals surface area contributed by atoms with Crippen molar-refractivity contribution in [3.63, 3.8) is 0 Å². The minimum Gasteiger partial charge on any atom is -0.347 e. The van der Waals surface area contributed by atoms with Gasteiger partial charge in [-0.05, 0) is 25.5 Å². The van der Waals surface area contributed by atoms with Crippen molar-refractivity contribution in [1.82, 2.24) is 4.98 Å². The van der Waals surface area contributed by atoms with Crippen LogP contribution >= 0.6 is 35.7 Å². The molecule has 0 atom stereocenters. The minimum absolute atomic E-state index is 0.108. The lowest BCUT2D eigenvalue weighted by atomic mass is 10.1. The molecule has 0 bridgehead atoms. The molecule has 2 aromatic rings. The molecule has 0 saturated carbocycles. The molecule has 0 saturated heterocycles. The fraction of sp³-hybridized carbons (Fsp3) is 0.278. The van der Waals surface area contributed by atoms with Crippen molar-refractivity contribution in [1.29, 1.82) is 0 Å². The van der Waals surface area contributed by atoms with Gasteiger partial charge in [-0.2, -0.15) is 0 Å². The number of ketones is 1. The first-order valence-corrected chi connectivity index (χ1v) is 10.4. The highest BCUT2D eigenvalue weighted by Gasteiger charge is 2.13. The number of hydrogen-bond donors (Lipinski definition) is 1. The molecule has 0 amide bonds. The molecule has 0 fully saturated rings. The Morgan fingerprint density at radius 3 is 2.50 bits per heavy atom. The average Bonchev–Trinajstić information content (AvgIpc) is 2.61. The van der Waals surface area contributed by atoms with E-state index < -0.39 is 0 Å². The summed E-state index contributed by atoms with van der Waals surface area (Å²) >= 11 is 8.69. The molecule has 1 aromatic heterocycles. The summed E-state index contributed by atoms with van der Waals surface area (Å²) in [4.78, 5) is 18.5. The van der Waals surface area contributed by atoms with Gasteiger partial charge in [-0.3, -0.25) is 4.79 Å². The molecule has 24 heavy (non-hydrogen) atoms. The third kappa shape index (κ3) is 5.06. The first kappa shape index (κ1) is 19.0. The number of anilines is 1. The monoisotopic (exact) mass is 376 g/mol. The number of carbonyl (C=O) groups excluding carboxylic acids is 1. The molecule has 1 heterocycles. The van der Waals surface area contributed by atoms with Crippen LogP contribution in [0.5, 0.6) is 0 Å². The van der Waals surface area contributed by atoms with E-state index in [1.807, 2.05) is 55.8 Å². The summed E-state index contributed by atoms with van der Waals surface area (Å²) in [6.07, 6.45) is 4.96. The molecular formula is C18H20N2OS3. The highest BCUT2D eigenvalue weighted by molar-refractivity contribution is 7.99. The Morgan fingerprint density at radius 2 is 1.88 bits per heavy atom. The van der Waals surface area contributed by atoms with E-state index >= 15 is 0 Å². The number of thioether (sulfide) groups is 2. The van der Waals surface area contributed by atoms with Crippen LogP contribution in [0.25, 0.3) is 0 Å². The summed E-state index contributed by atoms with van der Waals surface area (Å²) < 4.78 is 0. The van der Waals surface area contributed by atoms with Gasteiger partial charge in [0.05, 0.1) is 10.7 Å². The molecular weight excluding hydrogens is 356 g/mol. The predicted octanol–water partition coefficient (Wildman–Crippen LogP) is 5.24. The standard InChI is InChI=1S/C18H20N2OS3/c1-12-11-15(23-2)17(18(19-12)24-3)20-16(22)10-9-14(21)13-7-5-4-6-8-13/h4-8,11H,9-10H2,1-3H3,(H,20,22). The number of benzene rings is 1. The van der Waals surface area contributed by atoms with Gasteiger partial charge >= 0.3 is 0 Å². The van der Waals surface area contributed by atoms with Crippen molar-refractivity contribution in [2.45, 2.75) is 29.7 Å². The zero-order valence-corrected chi connectivity index (χ0v) is 16.4. The van der Waals surface area contributed by atoms with Crippen LogP contribution in [0.3, 0.4) is 0 Å². The maximum Gasteiger partial charge on any atom is 0.163 e. The largest absolute Gasteiger partial charge is 0.347 e. The van der Waals surface area contributed by atoms with Crippen LogP contribution in [0.4, 0.5) is 5.69 Å². The van der Waals surface area contributed by atoms with Crippen molar-refractivity contribution >= 4 is 52.2 Å². The normalized spacial score (nSPS) is 10.5. The van der Waals surface area contributed by atoms with Gasteiger partial charge in [0.1, 0.15) is 5.03 Å². The molecule has 0 aliphatic heterocycles. The van der Waals surface area contributed by atoms with Gasteiger partial charge in [0, 0.05) is 29.0 Å². The first-order valence-electron chi connectivity index (χ1n) is 7.53. The number of thiocarbonyl (C=S) groups is 1. The van der Waals surface area contributed by atoms with Gasteiger partial charge in [0.2, 0.25) is 0 Å². The fourth-order valence-electron chi connectivity index (χ4n) is 2.24. The van der Waals surface area contributed by atoms with Gasteiger partial charge in [0.25, 0.3) is 0 Å². The molecule has 0 radical (unpaired) electrons. The van der Waals surface area contributed by atoms with Crippen LogP contribution < -0.4 is 5.32 Å².